The smallest absolute Gasteiger partial charge is 0.199 e. The van der Waals surface area contributed by atoms with Gasteiger partial charge in [-0.1, -0.05) is 35.9 Å². The second-order valence-electron chi connectivity index (χ2n) is 6.24. The number of pyridine rings is 1. The molecule has 0 saturated heterocycles. The van der Waals surface area contributed by atoms with Crippen molar-refractivity contribution in [2.75, 3.05) is 0 Å². The summed E-state index contributed by atoms with van der Waals surface area (Å²) in [6.45, 7) is 4.80. The molecule has 0 aliphatic rings. The summed E-state index contributed by atoms with van der Waals surface area (Å²) in [5, 5.41) is 0. The van der Waals surface area contributed by atoms with E-state index in [1.54, 1.807) is 6.20 Å². The lowest BCUT2D eigenvalue weighted by Gasteiger charge is -2.09. The number of hydrogen-bond acceptors (Lipinski definition) is 3. The summed E-state index contributed by atoms with van der Waals surface area (Å²) in [4.78, 5) is 9.09. The standard InChI is InChI=1S/C20H18N4S/c1-14-4-7-16(8-5-14)19-17(13-23-11-3-10-21-20(23)25)24-12-15(2)6-9-18(24)22-19/h3-12H,13H2,1-2H3. The molecule has 3 aromatic heterocycles. The fraction of sp³-hybridized carbons (Fsp3) is 0.150. The molecule has 4 nitrogen and oxygen atoms in total. The average molecular weight is 346 g/mol. The average Bonchev–Trinajstić information content (AvgIpc) is 2.95. The first-order chi connectivity index (χ1) is 12.1. The van der Waals surface area contributed by atoms with Gasteiger partial charge in [0.1, 0.15) is 5.65 Å². The molecule has 0 atom stereocenters. The van der Waals surface area contributed by atoms with Crippen molar-refractivity contribution >= 4 is 17.9 Å². The van der Waals surface area contributed by atoms with E-state index in [0.29, 0.717) is 11.3 Å². The van der Waals surface area contributed by atoms with Crippen molar-refractivity contribution in [3.8, 4) is 11.3 Å². The summed E-state index contributed by atoms with van der Waals surface area (Å²) in [6.07, 6.45) is 5.80. The molecule has 5 heteroatoms. The molecule has 0 radical (unpaired) electrons. The quantitative estimate of drug-likeness (QED) is 0.509. The van der Waals surface area contributed by atoms with Gasteiger partial charge in [0.25, 0.3) is 0 Å². The van der Waals surface area contributed by atoms with Crippen molar-refractivity contribution in [3.05, 3.63) is 82.6 Å². The first kappa shape index (κ1) is 15.7. The van der Waals surface area contributed by atoms with Crippen molar-refractivity contribution in [1.29, 1.82) is 0 Å². The van der Waals surface area contributed by atoms with Crippen LogP contribution in [0.2, 0.25) is 0 Å². The second kappa shape index (κ2) is 6.26. The van der Waals surface area contributed by atoms with Crippen LogP contribution in [-0.2, 0) is 6.54 Å². The van der Waals surface area contributed by atoms with E-state index in [1.165, 1.54) is 11.1 Å². The zero-order valence-corrected chi connectivity index (χ0v) is 15.0. The lowest BCUT2D eigenvalue weighted by Crippen LogP contribution is -2.06. The summed E-state index contributed by atoms with van der Waals surface area (Å²) in [5.41, 5.74) is 6.56. The van der Waals surface area contributed by atoms with Crippen LogP contribution >= 0.6 is 12.2 Å². The third-order valence-electron chi connectivity index (χ3n) is 4.29. The van der Waals surface area contributed by atoms with Gasteiger partial charge >= 0.3 is 0 Å². The number of fused-ring (bicyclic) bond motifs is 1. The van der Waals surface area contributed by atoms with Crippen LogP contribution in [0.3, 0.4) is 0 Å². The normalized spacial score (nSPS) is 11.1. The molecule has 3 heterocycles. The predicted octanol–water partition coefficient (Wildman–Crippen LogP) is 4.59. The van der Waals surface area contributed by atoms with Crippen LogP contribution in [-0.4, -0.2) is 18.9 Å². The number of aryl methyl sites for hydroxylation is 2. The minimum atomic E-state index is 0.569. The van der Waals surface area contributed by atoms with Crippen molar-refractivity contribution in [2.24, 2.45) is 0 Å². The van der Waals surface area contributed by atoms with Gasteiger partial charge in [-0.2, -0.15) is 0 Å². The van der Waals surface area contributed by atoms with Crippen LogP contribution in [0.1, 0.15) is 16.8 Å². The molecule has 25 heavy (non-hydrogen) atoms. The van der Waals surface area contributed by atoms with E-state index in [-0.39, 0.29) is 0 Å². The molecule has 0 spiro atoms. The Labute approximate surface area is 151 Å². The van der Waals surface area contributed by atoms with Gasteiger partial charge in [0.15, 0.2) is 4.77 Å². The first-order valence-electron chi connectivity index (χ1n) is 8.18. The maximum Gasteiger partial charge on any atom is 0.199 e. The molecule has 0 unspecified atom stereocenters. The van der Waals surface area contributed by atoms with Gasteiger partial charge in [-0.05, 0) is 43.8 Å². The zero-order chi connectivity index (χ0) is 17.4. The minimum Gasteiger partial charge on any atom is -0.318 e. The predicted molar refractivity (Wildman–Crippen MR) is 102 cm³/mol. The lowest BCUT2D eigenvalue weighted by atomic mass is 10.1. The largest absolute Gasteiger partial charge is 0.318 e. The topological polar surface area (TPSA) is 35.1 Å². The zero-order valence-electron chi connectivity index (χ0n) is 14.2. The highest BCUT2D eigenvalue weighted by Gasteiger charge is 2.15. The first-order valence-corrected chi connectivity index (χ1v) is 8.59. The third kappa shape index (κ3) is 2.98. The number of hydrogen-bond donors (Lipinski definition) is 0. The van der Waals surface area contributed by atoms with Crippen molar-refractivity contribution < 1.29 is 0 Å². The Balaban J connectivity index is 1.94. The molecule has 0 amide bonds. The fourth-order valence-corrected chi connectivity index (χ4v) is 3.15. The van der Waals surface area contributed by atoms with Gasteiger partial charge in [0.05, 0.1) is 17.9 Å². The van der Waals surface area contributed by atoms with E-state index >= 15 is 0 Å². The summed E-state index contributed by atoms with van der Waals surface area (Å²) in [5.74, 6) is 0. The van der Waals surface area contributed by atoms with Crippen LogP contribution in [0.5, 0.6) is 0 Å². The Hall–Kier alpha value is -2.79. The molecule has 124 valence electrons. The van der Waals surface area contributed by atoms with Crippen LogP contribution in [0.4, 0.5) is 0 Å². The lowest BCUT2D eigenvalue weighted by molar-refractivity contribution is 0.728. The van der Waals surface area contributed by atoms with E-state index in [9.17, 15) is 0 Å². The molecule has 1 aromatic carbocycles. The molecular formula is C20H18N4S. The Bertz CT molecular complexity index is 1110. The molecule has 0 fully saturated rings. The highest BCUT2D eigenvalue weighted by atomic mass is 32.1. The molecule has 4 aromatic rings. The molecular weight excluding hydrogens is 328 g/mol. The van der Waals surface area contributed by atoms with Crippen LogP contribution < -0.4 is 0 Å². The van der Waals surface area contributed by atoms with Gasteiger partial charge in [0.2, 0.25) is 0 Å². The SMILES string of the molecule is Cc1ccc(-c2nc3ccc(C)cn3c2Cn2cccnc2=S)cc1. The van der Waals surface area contributed by atoms with Crippen molar-refractivity contribution in [3.63, 3.8) is 0 Å². The molecule has 0 N–H and O–H groups in total. The highest BCUT2D eigenvalue weighted by molar-refractivity contribution is 7.71. The Morgan fingerprint density at radius 2 is 1.76 bits per heavy atom. The van der Waals surface area contributed by atoms with E-state index in [1.807, 2.05) is 16.8 Å². The Kier molecular flexibility index (Phi) is 3.93. The maximum atomic E-state index is 5.37. The van der Waals surface area contributed by atoms with Crippen LogP contribution in [0.15, 0.2) is 61.1 Å². The highest BCUT2D eigenvalue weighted by Crippen LogP contribution is 2.26. The number of nitrogens with zero attached hydrogens (tertiary/aromatic N) is 4. The number of aromatic nitrogens is 4. The third-order valence-corrected chi connectivity index (χ3v) is 4.63. The monoisotopic (exact) mass is 346 g/mol. The fourth-order valence-electron chi connectivity index (χ4n) is 2.96. The molecule has 0 aliphatic heterocycles. The van der Waals surface area contributed by atoms with Crippen LogP contribution in [0.25, 0.3) is 16.9 Å². The summed E-state index contributed by atoms with van der Waals surface area (Å²) < 4.78 is 4.69. The van der Waals surface area contributed by atoms with E-state index < -0.39 is 0 Å². The van der Waals surface area contributed by atoms with Crippen molar-refractivity contribution in [2.45, 2.75) is 20.4 Å². The van der Waals surface area contributed by atoms with E-state index in [2.05, 4.69) is 65.8 Å². The number of rotatable bonds is 3. The Morgan fingerprint density at radius 3 is 2.52 bits per heavy atom. The van der Waals surface area contributed by atoms with Gasteiger partial charge in [0, 0.05) is 24.2 Å². The number of imidazole rings is 1. The van der Waals surface area contributed by atoms with E-state index in [0.717, 1.165) is 22.6 Å². The Morgan fingerprint density at radius 1 is 1.00 bits per heavy atom. The number of benzene rings is 1. The molecule has 0 aliphatic carbocycles. The summed E-state index contributed by atoms with van der Waals surface area (Å²) in [7, 11) is 0. The van der Waals surface area contributed by atoms with Gasteiger partial charge < -0.3 is 8.97 Å². The summed E-state index contributed by atoms with van der Waals surface area (Å²) in [6, 6.07) is 14.5. The maximum absolute atomic E-state index is 5.37. The van der Waals surface area contributed by atoms with Crippen LogP contribution in [0, 0.1) is 18.6 Å². The van der Waals surface area contributed by atoms with Gasteiger partial charge in [-0.25, -0.2) is 9.97 Å². The van der Waals surface area contributed by atoms with Gasteiger partial charge in [-0.15, -0.1) is 0 Å². The minimum absolute atomic E-state index is 0.569. The molecule has 4 rings (SSSR count). The molecule has 0 bridgehead atoms. The molecule has 0 saturated carbocycles. The second-order valence-corrected chi connectivity index (χ2v) is 6.60. The van der Waals surface area contributed by atoms with E-state index in [4.69, 9.17) is 17.2 Å². The van der Waals surface area contributed by atoms with Crippen molar-refractivity contribution in [1.82, 2.24) is 18.9 Å². The van der Waals surface area contributed by atoms with Gasteiger partial charge in [-0.3, -0.25) is 0 Å². The summed E-state index contributed by atoms with van der Waals surface area (Å²) >= 11 is 5.37.